The summed E-state index contributed by atoms with van der Waals surface area (Å²) in [5.41, 5.74) is 2.42. The maximum Gasteiger partial charge on any atom is 0.410 e. The minimum Gasteiger partial charge on any atom is -0.486 e. The standard InChI is InChI=1S/C31H36N2O4/c1-22(23-12-8-6-9-13-23)36-26-16-17-27-25(20-26)18-19-33(27)29(24-14-10-7-11-15-24)28(34)21-32(5)30(35)37-31(2,3)4/h6-20,22,28-29,34H,21H2,1-5H3/t22?,28-,29+/m1/s1. The summed E-state index contributed by atoms with van der Waals surface area (Å²) in [6.07, 6.45) is 0.557. The number of carbonyl (C=O) groups excluding carboxylic acids is 1. The van der Waals surface area contributed by atoms with E-state index in [0.717, 1.165) is 27.8 Å². The fraction of sp³-hybridized carbons (Fsp3) is 0.323. The van der Waals surface area contributed by atoms with Crippen molar-refractivity contribution in [1.29, 1.82) is 0 Å². The molecule has 0 radical (unpaired) electrons. The first-order valence-electron chi connectivity index (χ1n) is 12.6. The number of ether oxygens (including phenoxy) is 2. The largest absolute Gasteiger partial charge is 0.486 e. The zero-order valence-electron chi connectivity index (χ0n) is 22.2. The lowest BCUT2D eigenvalue weighted by Gasteiger charge is -2.30. The van der Waals surface area contributed by atoms with Gasteiger partial charge in [-0.25, -0.2) is 4.79 Å². The number of nitrogens with zero attached hydrogens (tertiary/aromatic N) is 2. The van der Waals surface area contributed by atoms with Crippen LogP contribution in [0.1, 0.15) is 51.0 Å². The van der Waals surface area contributed by atoms with E-state index >= 15 is 0 Å². The van der Waals surface area contributed by atoms with Crippen molar-refractivity contribution in [3.63, 3.8) is 0 Å². The van der Waals surface area contributed by atoms with Gasteiger partial charge in [-0.1, -0.05) is 60.7 Å². The lowest BCUT2D eigenvalue weighted by Crippen LogP contribution is -2.41. The third-order valence-corrected chi connectivity index (χ3v) is 6.25. The molecule has 0 saturated heterocycles. The zero-order valence-corrected chi connectivity index (χ0v) is 22.2. The predicted octanol–water partition coefficient (Wildman–Crippen LogP) is 6.60. The smallest absolute Gasteiger partial charge is 0.410 e. The number of amides is 1. The second-order valence-corrected chi connectivity index (χ2v) is 10.4. The van der Waals surface area contributed by atoms with Gasteiger partial charge >= 0.3 is 6.09 Å². The van der Waals surface area contributed by atoms with Gasteiger partial charge in [0.25, 0.3) is 0 Å². The second-order valence-electron chi connectivity index (χ2n) is 10.4. The molecule has 194 valence electrons. The molecule has 1 N–H and O–H groups in total. The van der Waals surface area contributed by atoms with Crippen molar-refractivity contribution in [1.82, 2.24) is 9.47 Å². The SMILES string of the molecule is CC(Oc1ccc2c(ccn2[C@@H](c2ccccc2)[C@H](O)CN(C)C(=O)OC(C)(C)C)c1)c1ccccc1. The summed E-state index contributed by atoms with van der Waals surface area (Å²) in [7, 11) is 1.64. The van der Waals surface area contributed by atoms with Crippen molar-refractivity contribution in [3.8, 4) is 5.75 Å². The van der Waals surface area contributed by atoms with E-state index < -0.39 is 23.8 Å². The molecule has 1 aromatic heterocycles. The third-order valence-electron chi connectivity index (χ3n) is 6.25. The van der Waals surface area contributed by atoms with Gasteiger partial charge < -0.3 is 24.0 Å². The molecule has 1 heterocycles. The summed E-state index contributed by atoms with van der Waals surface area (Å²) in [4.78, 5) is 14.0. The van der Waals surface area contributed by atoms with Gasteiger partial charge in [0.2, 0.25) is 0 Å². The lowest BCUT2D eigenvalue weighted by atomic mass is 10.0. The van der Waals surface area contributed by atoms with Crippen LogP contribution in [0.2, 0.25) is 0 Å². The number of aliphatic hydroxyl groups excluding tert-OH is 1. The van der Waals surface area contributed by atoms with Gasteiger partial charge in [0.15, 0.2) is 0 Å². The molecule has 6 nitrogen and oxygen atoms in total. The van der Waals surface area contributed by atoms with Crippen LogP contribution in [-0.4, -0.2) is 46.0 Å². The summed E-state index contributed by atoms with van der Waals surface area (Å²) >= 11 is 0. The highest BCUT2D eigenvalue weighted by molar-refractivity contribution is 5.82. The molecule has 0 aliphatic heterocycles. The van der Waals surface area contributed by atoms with E-state index in [-0.39, 0.29) is 12.6 Å². The van der Waals surface area contributed by atoms with E-state index in [2.05, 4.69) is 16.7 Å². The second kappa shape index (κ2) is 11.1. The third kappa shape index (κ3) is 6.52. The molecule has 1 amide bonds. The van der Waals surface area contributed by atoms with Gasteiger partial charge in [0, 0.05) is 24.1 Å². The van der Waals surface area contributed by atoms with Crippen LogP contribution >= 0.6 is 0 Å². The van der Waals surface area contributed by atoms with Crippen molar-refractivity contribution in [2.24, 2.45) is 0 Å². The molecular formula is C31H36N2O4. The minimum atomic E-state index is -0.871. The van der Waals surface area contributed by atoms with Crippen molar-refractivity contribution in [2.45, 2.75) is 51.5 Å². The molecule has 0 bridgehead atoms. The van der Waals surface area contributed by atoms with E-state index in [1.165, 1.54) is 4.90 Å². The van der Waals surface area contributed by atoms with Crippen molar-refractivity contribution >= 4 is 17.0 Å². The molecule has 0 fully saturated rings. The van der Waals surface area contributed by atoms with Gasteiger partial charge in [-0.3, -0.25) is 0 Å². The maximum absolute atomic E-state index is 12.6. The first-order chi connectivity index (χ1) is 17.6. The van der Waals surface area contributed by atoms with Gasteiger partial charge in [0.05, 0.1) is 18.7 Å². The Morgan fingerprint density at radius 1 is 0.946 bits per heavy atom. The molecular weight excluding hydrogens is 464 g/mol. The molecule has 0 aliphatic carbocycles. The van der Waals surface area contributed by atoms with Crippen LogP contribution in [0.15, 0.2) is 91.1 Å². The molecule has 0 aliphatic rings. The number of hydrogen-bond acceptors (Lipinski definition) is 4. The number of aliphatic hydroxyl groups is 1. The highest BCUT2D eigenvalue weighted by atomic mass is 16.6. The average Bonchev–Trinajstić information content (AvgIpc) is 3.27. The first kappa shape index (κ1) is 26.3. The zero-order chi connectivity index (χ0) is 26.6. The molecule has 0 saturated carbocycles. The van der Waals surface area contributed by atoms with Crippen LogP contribution in [0.4, 0.5) is 4.79 Å². The van der Waals surface area contributed by atoms with Crippen LogP contribution in [0.25, 0.3) is 10.9 Å². The number of likely N-dealkylation sites (N-methyl/N-ethyl adjacent to an activating group) is 1. The molecule has 4 rings (SSSR count). The Bertz CT molecular complexity index is 1310. The number of hydrogen-bond donors (Lipinski definition) is 1. The summed E-state index contributed by atoms with van der Waals surface area (Å²) in [5, 5.41) is 12.4. The average molecular weight is 501 g/mol. The first-order valence-corrected chi connectivity index (χ1v) is 12.6. The highest BCUT2D eigenvalue weighted by Gasteiger charge is 2.28. The number of carbonyl (C=O) groups is 1. The van der Waals surface area contributed by atoms with Crippen LogP contribution in [0.3, 0.4) is 0 Å². The van der Waals surface area contributed by atoms with Crippen LogP contribution in [0, 0.1) is 0 Å². The molecule has 6 heteroatoms. The van der Waals surface area contributed by atoms with Gasteiger partial charge in [-0.2, -0.15) is 0 Å². The highest BCUT2D eigenvalue weighted by Crippen LogP contribution is 2.31. The number of benzene rings is 3. The van der Waals surface area contributed by atoms with Crippen LogP contribution < -0.4 is 4.74 Å². The summed E-state index contributed by atoms with van der Waals surface area (Å²) in [5.74, 6) is 0.781. The fourth-order valence-electron chi connectivity index (χ4n) is 4.47. The molecule has 0 spiro atoms. The van der Waals surface area contributed by atoms with Gasteiger partial charge in [-0.15, -0.1) is 0 Å². The van der Waals surface area contributed by atoms with E-state index in [1.807, 2.05) is 107 Å². The molecule has 1 unspecified atom stereocenters. The fourth-order valence-corrected chi connectivity index (χ4v) is 4.47. The van der Waals surface area contributed by atoms with Gasteiger partial charge in [0.1, 0.15) is 17.5 Å². The number of rotatable bonds is 8. The monoisotopic (exact) mass is 500 g/mol. The van der Waals surface area contributed by atoms with Crippen molar-refractivity contribution in [3.05, 3.63) is 102 Å². The Morgan fingerprint density at radius 3 is 2.19 bits per heavy atom. The molecule has 3 aromatic carbocycles. The maximum atomic E-state index is 12.6. The quantitative estimate of drug-likeness (QED) is 0.296. The summed E-state index contributed by atoms with van der Waals surface area (Å²) in [6, 6.07) is 27.6. The number of aromatic nitrogens is 1. The van der Waals surface area contributed by atoms with Crippen LogP contribution in [0.5, 0.6) is 5.75 Å². The minimum absolute atomic E-state index is 0.0805. The van der Waals surface area contributed by atoms with Crippen molar-refractivity contribution in [2.75, 3.05) is 13.6 Å². The Labute approximate surface area is 219 Å². The van der Waals surface area contributed by atoms with E-state index in [0.29, 0.717) is 0 Å². The van der Waals surface area contributed by atoms with E-state index in [1.54, 1.807) is 7.05 Å². The van der Waals surface area contributed by atoms with Crippen LogP contribution in [-0.2, 0) is 4.74 Å². The van der Waals surface area contributed by atoms with Crippen molar-refractivity contribution < 1.29 is 19.4 Å². The Kier molecular flexibility index (Phi) is 7.89. The normalized spacial score (nSPS) is 14.1. The Morgan fingerprint density at radius 2 is 1.57 bits per heavy atom. The topological polar surface area (TPSA) is 63.9 Å². The van der Waals surface area contributed by atoms with E-state index in [9.17, 15) is 9.90 Å². The molecule has 3 atom stereocenters. The predicted molar refractivity (Wildman–Crippen MR) is 147 cm³/mol. The number of fused-ring (bicyclic) bond motifs is 1. The Hall–Kier alpha value is -3.77. The lowest BCUT2D eigenvalue weighted by molar-refractivity contribution is 0.0168. The van der Waals surface area contributed by atoms with Gasteiger partial charge in [-0.05, 0) is 63.1 Å². The molecule has 4 aromatic rings. The van der Waals surface area contributed by atoms with E-state index in [4.69, 9.17) is 9.47 Å². The summed E-state index contributed by atoms with van der Waals surface area (Å²) in [6.45, 7) is 7.63. The summed E-state index contributed by atoms with van der Waals surface area (Å²) < 4.78 is 13.7. The molecule has 37 heavy (non-hydrogen) atoms. The Balaban J connectivity index is 1.60.